The Bertz CT molecular complexity index is 1140. The number of nitrogens with zero attached hydrogens (tertiary/aromatic N) is 1. The number of amides is 1. The molecule has 0 radical (unpaired) electrons. The van der Waals surface area contributed by atoms with Gasteiger partial charge < -0.3 is 10.1 Å². The summed E-state index contributed by atoms with van der Waals surface area (Å²) in [5.74, 6) is -0.641. The standard InChI is InChI=1S/C24H32N2O5S2/c1-5-31-24(28)22-19-9-6-7-10-20(19)32-23(22)25-21(27)11-8-14-26(33(4,29)30)18-13-12-16(2)17(3)15-18/h12-13,15H,5-11,14H2,1-4H3,(H,25,27). The molecule has 1 amide bonds. The third-order valence-corrected chi connectivity index (χ3v) is 8.25. The quantitative estimate of drug-likeness (QED) is 0.516. The van der Waals surface area contributed by atoms with Crippen LogP contribution < -0.4 is 9.62 Å². The van der Waals surface area contributed by atoms with Gasteiger partial charge in [0.15, 0.2) is 0 Å². The summed E-state index contributed by atoms with van der Waals surface area (Å²) in [6, 6.07) is 5.52. The van der Waals surface area contributed by atoms with E-state index in [1.54, 1.807) is 13.0 Å². The number of sulfonamides is 1. The molecule has 0 unspecified atom stereocenters. The second kappa shape index (κ2) is 10.7. The van der Waals surface area contributed by atoms with E-state index < -0.39 is 16.0 Å². The summed E-state index contributed by atoms with van der Waals surface area (Å²) in [5, 5.41) is 3.43. The van der Waals surface area contributed by atoms with Gasteiger partial charge in [-0.3, -0.25) is 9.10 Å². The predicted octanol–water partition coefficient (Wildman–Crippen LogP) is 4.61. The largest absolute Gasteiger partial charge is 0.462 e. The Kier molecular flexibility index (Phi) is 8.18. The molecule has 180 valence electrons. The lowest BCUT2D eigenvalue weighted by molar-refractivity contribution is -0.116. The lowest BCUT2D eigenvalue weighted by atomic mass is 9.95. The van der Waals surface area contributed by atoms with Gasteiger partial charge in [-0.15, -0.1) is 11.3 Å². The molecule has 0 saturated carbocycles. The van der Waals surface area contributed by atoms with E-state index in [1.807, 2.05) is 26.0 Å². The second-order valence-corrected chi connectivity index (χ2v) is 11.4. The molecular weight excluding hydrogens is 460 g/mol. The highest BCUT2D eigenvalue weighted by atomic mass is 32.2. The zero-order valence-electron chi connectivity index (χ0n) is 19.7. The number of carbonyl (C=O) groups excluding carboxylic acids is 2. The molecule has 0 saturated heterocycles. The third-order valence-electron chi connectivity index (χ3n) is 5.85. The number of carbonyl (C=O) groups is 2. The van der Waals surface area contributed by atoms with Gasteiger partial charge in [-0.2, -0.15) is 0 Å². The van der Waals surface area contributed by atoms with Crippen LogP contribution in [0.2, 0.25) is 0 Å². The number of anilines is 2. The molecule has 0 aliphatic heterocycles. The number of thiophene rings is 1. The number of esters is 1. The van der Waals surface area contributed by atoms with Gasteiger partial charge >= 0.3 is 5.97 Å². The Morgan fingerprint density at radius 3 is 2.55 bits per heavy atom. The maximum atomic E-state index is 12.7. The predicted molar refractivity (Wildman–Crippen MR) is 133 cm³/mol. The molecule has 33 heavy (non-hydrogen) atoms. The Labute approximate surface area is 200 Å². The highest BCUT2D eigenvalue weighted by Crippen LogP contribution is 2.38. The lowest BCUT2D eigenvalue weighted by Crippen LogP contribution is -2.31. The summed E-state index contributed by atoms with van der Waals surface area (Å²) in [7, 11) is -3.49. The van der Waals surface area contributed by atoms with Crippen molar-refractivity contribution >= 4 is 43.9 Å². The van der Waals surface area contributed by atoms with Crippen molar-refractivity contribution < 1.29 is 22.7 Å². The van der Waals surface area contributed by atoms with Crippen LogP contribution >= 0.6 is 11.3 Å². The van der Waals surface area contributed by atoms with E-state index in [2.05, 4.69) is 5.32 Å². The first-order valence-corrected chi connectivity index (χ1v) is 13.9. The Morgan fingerprint density at radius 2 is 1.88 bits per heavy atom. The highest BCUT2D eigenvalue weighted by Gasteiger charge is 2.27. The molecule has 7 nitrogen and oxygen atoms in total. The Balaban J connectivity index is 1.69. The molecule has 1 N–H and O–H groups in total. The first kappa shape index (κ1) is 25.2. The summed E-state index contributed by atoms with van der Waals surface area (Å²) in [5.41, 5.74) is 4.17. The van der Waals surface area contributed by atoms with Crippen LogP contribution in [-0.2, 0) is 32.4 Å². The van der Waals surface area contributed by atoms with E-state index in [4.69, 9.17) is 4.74 Å². The maximum absolute atomic E-state index is 12.7. The lowest BCUT2D eigenvalue weighted by Gasteiger charge is -2.23. The van der Waals surface area contributed by atoms with Crippen molar-refractivity contribution in [1.82, 2.24) is 0 Å². The minimum absolute atomic E-state index is 0.141. The molecule has 1 aromatic heterocycles. The van der Waals surface area contributed by atoms with Gasteiger partial charge in [-0.05, 0) is 81.7 Å². The van der Waals surface area contributed by atoms with Gasteiger partial charge in [-0.1, -0.05) is 6.07 Å². The molecular formula is C24H32N2O5S2. The summed E-state index contributed by atoms with van der Waals surface area (Å²) >= 11 is 1.45. The summed E-state index contributed by atoms with van der Waals surface area (Å²) in [6.07, 6.45) is 5.47. The number of nitrogens with one attached hydrogen (secondary N) is 1. The van der Waals surface area contributed by atoms with E-state index in [0.717, 1.165) is 47.3 Å². The highest BCUT2D eigenvalue weighted by molar-refractivity contribution is 7.92. The average Bonchev–Trinajstić information content (AvgIpc) is 3.10. The molecule has 0 spiro atoms. The van der Waals surface area contributed by atoms with Gasteiger partial charge in [0, 0.05) is 17.8 Å². The first-order chi connectivity index (χ1) is 15.6. The first-order valence-electron chi connectivity index (χ1n) is 11.3. The fourth-order valence-corrected chi connectivity index (χ4v) is 6.26. The van der Waals surface area contributed by atoms with E-state index in [0.29, 0.717) is 22.7 Å². The van der Waals surface area contributed by atoms with Crippen LogP contribution in [0.25, 0.3) is 0 Å². The average molecular weight is 493 g/mol. The van der Waals surface area contributed by atoms with Crippen LogP contribution in [0, 0.1) is 13.8 Å². The van der Waals surface area contributed by atoms with Crippen LogP contribution in [0.1, 0.15) is 64.5 Å². The zero-order valence-corrected chi connectivity index (χ0v) is 21.3. The van der Waals surface area contributed by atoms with E-state index in [9.17, 15) is 18.0 Å². The number of hydrogen-bond acceptors (Lipinski definition) is 6. The van der Waals surface area contributed by atoms with E-state index in [-0.39, 0.29) is 25.5 Å². The van der Waals surface area contributed by atoms with Crippen LogP contribution in [0.3, 0.4) is 0 Å². The SMILES string of the molecule is CCOC(=O)c1c(NC(=O)CCCN(c2ccc(C)c(C)c2)S(C)(=O)=O)sc2c1CCCC2. The topological polar surface area (TPSA) is 92.8 Å². The van der Waals surface area contributed by atoms with Crippen molar-refractivity contribution in [3.05, 3.63) is 45.3 Å². The van der Waals surface area contributed by atoms with E-state index in [1.165, 1.54) is 21.9 Å². The van der Waals surface area contributed by atoms with Crippen molar-refractivity contribution in [2.24, 2.45) is 0 Å². The van der Waals surface area contributed by atoms with Crippen LogP contribution in [-0.4, -0.2) is 39.7 Å². The fourth-order valence-electron chi connectivity index (χ4n) is 4.01. The van der Waals surface area contributed by atoms with Gasteiger partial charge in [0.05, 0.1) is 24.1 Å². The van der Waals surface area contributed by atoms with Crippen LogP contribution in [0.15, 0.2) is 18.2 Å². The smallest absolute Gasteiger partial charge is 0.341 e. The van der Waals surface area contributed by atoms with Gasteiger partial charge in [0.25, 0.3) is 0 Å². The van der Waals surface area contributed by atoms with Gasteiger partial charge in [-0.25, -0.2) is 13.2 Å². The summed E-state index contributed by atoms with van der Waals surface area (Å²) < 4.78 is 31.3. The monoisotopic (exact) mass is 492 g/mol. The summed E-state index contributed by atoms with van der Waals surface area (Å²) in [4.78, 5) is 26.4. The van der Waals surface area contributed by atoms with Gasteiger partial charge in [0.1, 0.15) is 5.00 Å². The molecule has 2 aromatic rings. The molecule has 0 atom stereocenters. The molecule has 1 heterocycles. The number of ether oxygens (including phenoxy) is 1. The van der Waals surface area contributed by atoms with Crippen LogP contribution in [0.5, 0.6) is 0 Å². The Hall–Kier alpha value is -2.39. The van der Waals surface area contributed by atoms with Crippen molar-refractivity contribution in [1.29, 1.82) is 0 Å². The normalized spacial score (nSPS) is 13.3. The van der Waals surface area contributed by atoms with Crippen LogP contribution in [0.4, 0.5) is 10.7 Å². The van der Waals surface area contributed by atoms with Crippen molar-refractivity contribution in [2.75, 3.05) is 29.0 Å². The fraction of sp³-hybridized carbons (Fsp3) is 0.500. The number of rotatable bonds is 9. The number of hydrogen-bond donors (Lipinski definition) is 1. The molecule has 1 aliphatic rings. The molecule has 9 heteroatoms. The molecule has 0 fully saturated rings. The zero-order chi connectivity index (χ0) is 24.2. The number of benzene rings is 1. The number of aryl methyl sites for hydroxylation is 3. The third kappa shape index (κ3) is 6.14. The summed E-state index contributed by atoms with van der Waals surface area (Å²) in [6.45, 7) is 6.14. The molecule has 0 bridgehead atoms. The molecule has 1 aromatic carbocycles. The van der Waals surface area contributed by atoms with Crippen molar-refractivity contribution in [3.63, 3.8) is 0 Å². The van der Waals surface area contributed by atoms with Crippen molar-refractivity contribution in [3.8, 4) is 0 Å². The number of fused-ring (bicyclic) bond motifs is 1. The van der Waals surface area contributed by atoms with E-state index >= 15 is 0 Å². The molecule has 3 rings (SSSR count). The second-order valence-electron chi connectivity index (χ2n) is 8.39. The minimum atomic E-state index is -3.49. The Morgan fingerprint density at radius 1 is 1.15 bits per heavy atom. The molecule has 1 aliphatic carbocycles. The maximum Gasteiger partial charge on any atom is 0.341 e. The van der Waals surface area contributed by atoms with Gasteiger partial charge in [0.2, 0.25) is 15.9 Å². The van der Waals surface area contributed by atoms with Crippen molar-refractivity contribution in [2.45, 2.75) is 59.3 Å². The minimum Gasteiger partial charge on any atom is -0.462 e.